The summed E-state index contributed by atoms with van der Waals surface area (Å²) in [6, 6.07) is 13.3. The fourth-order valence-electron chi connectivity index (χ4n) is 3.53. The molecule has 1 N–H and O–H groups in total. The van der Waals surface area contributed by atoms with Crippen LogP contribution in [0.25, 0.3) is 16.6 Å². The highest BCUT2D eigenvalue weighted by atomic mass is 16.3. The molecule has 0 unspecified atom stereocenters. The highest BCUT2D eigenvalue weighted by Crippen LogP contribution is 2.20. The van der Waals surface area contributed by atoms with E-state index in [1.54, 1.807) is 23.1 Å². The molecular formula is C22H23N5O3. The van der Waals surface area contributed by atoms with Crippen LogP contribution in [0.4, 0.5) is 0 Å². The lowest BCUT2D eigenvalue weighted by atomic mass is 10.2. The maximum atomic E-state index is 12.9. The van der Waals surface area contributed by atoms with Crippen LogP contribution in [-0.2, 0) is 17.9 Å². The van der Waals surface area contributed by atoms with Crippen LogP contribution in [0.3, 0.4) is 0 Å². The van der Waals surface area contributed by atoms with Crippen LogP contribution in [0.5, 0.6) is 0 Å². The Morgan fingerprint density at radius 3 is 2.63 bits per heavy atom. The number of carbonyl (C=O) groups excluding carboxylic acids is 1. The summed E-state index contributed by atoms with van der Waals surface area (Å²) in [7, 11) is 0. The van der Waals surface area contributed by atoms with E-state index in [9.17, 15) is 9.59 Å². The van der Waals surface area contributed by atoms with E-state index in [1.807, 2.05) is 44.2 Å². The average Bonchev–Trinajstić information content (AvgIpc) is 3.39. The van der Waals surface area contributed by atoms with Gasteiger partial charge in [-0.3, -0.25) is 9.59 Å². The van der Waals surface area contributed by atoms with Crippen molar-refractivity contribution in [3.05, 3.63) is 76.2 Å². The molecule has 1 amide bonds. The van der Waals surface area contributed by atoms with Gasteiger partial charge in [-0.25, -0.2) is 9.36 Å². The first kappa shape index (κ1) is 19.6. The quantitative estimate of drug-likeness (QED) is 0.510. The largest absolute Gasteiger partial charge is 0.467 e. The van der Waals surface area contributed by atoms with Gasteiger partial charge in [-0.1, -0.05) is 18.2 Å². The van der Waals surface area contributed by atoms with Crippen LogP contribution in [-0.4, -0.2) is 25.5 Å². The van der Waals surface area contributed by atoms with Gasteiger partial charge in [0.25, 0.3) is 5.56 Å². The first-order chi connectivity index (χ1) is 14.5. The van der Waals surface area contributed by atoms with E-state index in [0.717, 1.165) is 22.5 Å². The molecule has 0 atom stereocenters. The Kier molecular flexibility index (Phi) is 5.47. The third-order valence-corrected chi connectivity index (χ3v) is 5.00. The zero-order valence-electron chi connectivity index (χ0n) is 17.0. The number of benzene rings is 1. The van der Waals surface area contributed by atoms with Crippen molar-refractivity contribution in [2.45, 2.75) is 39.8 Å². The summed E-state index contributed by atoms with van der Waals surface area (Å²) in [5, 5.41) is 12.6. The zero-order chi connectivity index (χ0) is 21.1. The Morgan fingerprint density at radius 1 is 1.10 bits per heavy atom. The molecule has 30 heavy (non-hydrogen) atoms. The summed E-state index contributed by atoms with van der Waals surface area (Å²) in [4.78, 5) is 25.0. The van der Waals surface area contributed by atoms with E-state index >= 15 is 0 Å². The molecule has 0 spiro atoms. The molecule has 3 heterocycles. The molecule has 0 saturated carbocycles. The Bertz CT molecular complexity index is 1220. The van der Waals surface area contributed by atoms with E-state index in [-0.39, 0.29) is 11.5 Å². The van der Waals surface area contributed by atoms with Gasteiger partial charge in [-0.05, 0) is 44.5 Å². The normalized spacial score (nSPS) is 11.1. The number of carbonyl (C=O) groups is 1. The van der Waals surface area contributed by atoms with E-state index in [4.69, 9.17) is 4.42 Å². The van der Waals surface area contributed by atoms with Crippen molar-refractivity contribution in [3.8, 4) is 5.69 Å². The van der Waals surface area contributed by atoms with Crippen LogP contribution < -0.4 is 10.9 Å². The van der Waals surface area contributed by atoms with Crippen molar-refractivity contribution < 1.29 is 9.21 Å². The summed E-state index contributed by atoms with van der Waals surface area (Å²) < 4.78 is 8.36. The Labute approximate surface area is 173 Å². The number of aromatic nitrogens is 4. The summed E-state index contributed by atoms with van der Waals surface area (Å²) >= 11 is 0. The lowest BCUT2D eigenvalue weighted by Gasteiger charge is -2.07. The zero-order valence-corrected chi connectivity index (χ0v) is 17.0. The van der Waals surface area contributed by atoms with Gasteiger partial charge in [0.1, 0.15) is 5.76 Å². The smallest absolute Gasteiger partial charge is 0.295 e. The molecule has 0 aliphatic carbocycles. The van der Waals surface area contributed by atoms with Gasteiger partial charge in [0.15, 0.2) is 5.52 Å². The minimum absolute atomic E-state index is 0.0959. The summed E-state index contributed by atoms with van der Waals surface area (Å²) in [5.74, 6) is 0.605. The lowest BCUT2D eigenvalue weighted by molar-refractivity contribution is -0.121. The molecule has 8 heteroatoms. The highest BCUT2D eigenvalue weighted by molar-refractivity contribution is 5.83. The van der Waals surface area contributed by atoms with Gasteiger partial charge in [0, 0.05) is 13.0 Å². The van der Waals surface area contributed by atoms with Gasteiger partial charge < -0.3 is 9.73 Å². The molecule has 0 aliphatic heterocycles. The maximum Gasteiger partial charge on any atom is 0.295 e. The molecule has 0 saturated heterocycles. The standard InChI is InChI=1S/C22H23N5O3/c1-15-20-16(2)27(17-8-4-3-5-9-17)25-21(20)22(29)26(24-15)12-6-11-19(28)23-14-18-10-7-13-30-18/h3-5,7-10,13H,6,11-12,14H2,1-2H3,(H,23,28). The highest BCUT2D eigenvalue weighted by Gasteiger charge is 2.17. The van der Waals surface area contributed by atoms with Crippen molar-refractivity contribution in [2.24, 2.45) is 0 Å². The molecule has 4 aromatic rings. The van der Waals surface area contributed by atoms with Crippen molar-refractivity contribution >= 4 is 16.8 Å². The molecule has 1 aromatic carbocycles. The minimum Gasteiger partial charge on any atom is -0.467 e. The number of hydrogen-bond acceptors (Lipinski definition) is 5. The monoisotopic (exact) mass is 405 g/mol. The van der Waals surface area contributed by atoms with Gasteiger partial charge in [0.2, 0.25) is 5.91 Å². The van der Waals surface area contributed by atoms with Gasteiger partial charge in [0.05, 0.1) is 35.3 Å². The molecule has 3 aromatic heterocycles. The molecule has 154 valence electrons. The Hall–Kier alpha value is -3.68. The fourth-order valence-corrected chi connectivity index (χ4v) is 3.53. The molecule has 0 bridgehead atoms. The predicted molar refractivity (Wildman–Crippen MR) is 112 cm³/mol. The maximum absolute atomic E-state index is 12.9. The van der Waals surface area contributed by atoms with Crippen molar-refractivity contribution in [3.63, 3.8) is 0 Å². The molecule has 4 rings (SSSR count). The fraction of sp³-hybridized carbons (Fsp3) is 0.273. The topological polar surface area (TPSA) is 94.9 Å². The Balaban J connectivity index is 1.49. The third kappa shape index (κ3) is 3.89. The van der Waals surface area contributed by atoms with E-state index < -0.39 is 0 Å². The summed E-state index contributed by atoms with van der Waals surface area (Å²) in [5.41, 5.74) is 2.66. The number of amides is 1. The van der Waals surface area contributed by atoms with Crippen LogP contribution in [0.2, 0.25) is 0 Å². The van der Waals surface area contributed by atoms with Crippen LogP contribution in [0.1, 0.15) is 30.0 Å². The van der Waals surface area contributed by atoms with Gasteiger partial charge >= 0.3 is 0 Å². The summed E-state index contributed by atoms with van der Waals surface area (Å²) in [6.07, 6.45) is 2.36. The third-order valence-electron chi connectivity index (χ3n) is 5.00. The number of aryl methyl sites for hydroxylation is 3. The summed E-state index contributed by atoms with van der Waals surface area (Å²) in [6.45, 7) is 4.51. The predicted octanol–water partition coefficient (Wildman–Crippen LogP) is 2.89. The van der Waals surface area contributed by atoms with Crippen molar-refractivity contribution in [2.75, 3.05) is 0 Å². The van der Waals surface area contributed by atoms with Gasteiger partial charge in [-0.15, -0.1) is 0 Å². The molecule has 0 radical (unpaired) electrons. The number of nitrogens with zero attached hydrogens (tertiary/aromatic N) is 4. The van der Waals surface area contributed by atoms with Crippen LogP contribution >= 0.6 is 0 Å². The first-order valence-corrected chi connectivity index (χ1v) is 9.86. The number of hydrogen-bond donors (Lipinski definition) is 1. The van der Waals surface area contributed by atoms with Gasteiger partial charge in [-0.2, -0.15) is 10.2 Å². The molecular weight excluding hydrogens is 382 g/mol. The second kappa shape index (κ2) is 8.36. The van der Waals surface area contributed by atoms with Crippen molar-refractivity contribution in [1.82, 2.24) is 24.9 Å². The number of rotatable bonds is 7. The molecule has 8 nitrogen and oxygen atoms in total. The second-order valence-electron chi connectivity index (χ2n) is 7.13. The SMILES string of the molecule is Cc1nn(CCCC(=O)NCc2ccco2)c(=O)c2nn(-c3ccccc3)c(C)c12. The van der Waals surface area contributed by atoms with E-state index in [2.05, 4.69) is 15.5 Å². The Morgan fingerprint density at radius 2 is 1.90 bits per heavy atom. The van der Waals surface area contributed by atoms with Crippen molar-refractivity contribution in [1.29, 1.82) is 0 Å². The number of nitrogens with one attached hydrogen (secondary N) is 1. The van der Waals surface area contributed by atoms with E-state index in [0.29, 0.717) is 37.2 Å². The van der Waals surface area contributed by atoms with Crippen LogP contribution in [0.15, 0.2) is 57.9 Å². The number of para-hydroxylation sites is 1. The van der Waals surface area contributed by atoms with E-state index in [1.165, 1.54) is 4.68 Å². The minimum atomic E-state index is -0.246. The van der Waals surface area contributed by atoms with Crippen LogP contribution in [0, 0.1) is 13.8 Å². The molecule has 0 aliphatic rings. The average molecular weight is 405 g/mol. The number of furan rings is 1. The first-order valence-electron chi connectivity index (χ1n) is 9.86. The molecule has 0 fully saturated rings. The number of fused-ring (bicyclic) bond motifs is 1. The lowest BCUT2D eigenvalue weighted by Crippen LogP contribution is -2.26. The second-order valence-corrected chi connectivity index (χ2v) is 7.13.